The number of nitrogens with zero attached hydrogens (tertiary/aromatic N) is 1. The second kappa shape index (κ2) is 9.89. The van der Waals surface area contributed by atoms with Gasteiger partial charge < -0.3 is 14.2 Å². The maximum atomic E-state index is 12.8. The van der Waals surface area contributed by atoms with E-state index in [9.17, 15) is 18.0 Å². The molecule has 1 aromatic heterocycles. The molecular weight excluding hydrogens is 479 g/mol. The third-order valence-electron chi connectivity index (χ3n) is 5.21. The predicted molar refractivity (Wildman–Crippen MR) is 129 cm³/mol. The van der Waals surface area contributed by atoms with E-state index < -0.39 is 28.9 Å². The lowest BCUT2D eigenvalue weighted by Crippen LogP contribution is -2.39. The molecule has 0 unspecified atom stereocenters. The molecular formula is C26H28F3NO4S. The van der Waals surface area contributed by atoms with Gasteiger partial charge in [-0.15, -0.1) is 11.3 Å². The molecule has 0 bridgehead atoms. The number of carbonyl (C=O) groups is 1. The number of aromatic nitrogens is 1. The Morgan fingerprint density at radius 3 is 2.23 bits per heavy atom. The van der Waals surface area contributed by atoms with Gasteiger partial charge in [-0.2, -0.15) is 13.2 Å². The molecule has 188 valence electrons. The van der Waals surface area contributed by atoms with Crippen LogP contribution in [-0.4, -0.2) is 23.2 Å². The minimum absolute atomic E-state index is 0.268. The lowest BCUT2D eigenvalue weighted by atomic mass is 10.1. The Kier molecular flexibility index (Phi) is 7.50. The zero-order valence-electron chi connectivity index (χ0n) is 20.4. The van der Waals surface area contributed by atoms with Crippen LogP contribution in [0.4, 0.5) is 13.2 Å². The summed E-state index contributed by atoms with van der Waals surface area (Å²) < 4.78 is 55.7. The van der Waals surface area contributed by atoms with Gasteiger partial charge in [0.1, 0.15) is 22.1 Å². The van der Waals surface area contributed by atoms with E-state index >= 15 is 0 Å². The van der Waals surface area contributed by atoms with E-state index in [1.807, 2.05) is 26.8 Å². The molecule has 1 heterocycles. The van der Waals surface area contributed by atoms with Crippen LogP contribution < -0.4 is 9.47 Å². The molecule has 0 aliphatic heterocycles. The fraction of sp³-hybridized carbons (Fsp3) is 0.385. The van der Waals surface area contributed by atoms with Gasteiger partial charge in [-0.25, -0.2) is 9.78 Å². The van der Waals surface area contributed by atoms with Crippen LogP contribution in [0.2, 0.25) is 0 Å². The van der Waals surface area contributed by atoms with Crippen LogP contribution in [0.3, 0.4) is 0 Å². The first-order chi connectivity index (χ1) is 16.2. The van der Waals surface area contributed by atoms with E-state index in [0.29, 0.717) is 22.1 Å². The summed E-state index contributed by atoms with van der Waals surface area (Å²) in [6, 6.07) is 10.2. The molecule has 3 rings (SSSR count). The first-order valence-electron chi connectivity index (χ1n) is 11.0. The minimum Gasteiger partial charge on any atom is -0.482 e. The van der Waals surface area contributed by atoms with Gasteiger partial charge in [0.2, 0.25) is 0 Å². The summed E-state index contributed by atoms with van der Waals surface area (Å²) in [5, 5.41) is 0.603. The lowest BCUT2D eigenvalue weighted by Gasteiger charge is -2.27. The van der Waals surface area contributed by atoms with Gasteiger partial charge in [0.25, 0.3) is 0 Å². The van der Waals surface area contributed by atoms with E-state index in [1.165, 1.54) is 23.5 Å². The van der Waals surface area contributed by atoms with Gasteiger partial charge in [0.05, 0.1) is 17.0 Å². The number of aryl methyl sites for hydroxylation is 1. The number of carbonyl (C=O) groups excluding carboxylic acids is 1. The van der Waals surface area contributed by atoms with Crippen molar-refractivity contribution >= 4 is 17.3 Å². The highest BCUT2D eigenvalue weighted by Crippen LogP contribution is 2.37. The second-order valence-electron chi connectivity index (χ2n) is 8.98. The van der Waals surface area contributed by atoms with Crippen molar-refractivity contribution in [3.8, 4) is 22.1 Å². The number of ether oxygens (including phenoxy) is 3. The topological polar surface area (TPSA) is 57.7 Å². The van der Waals surface area contributed by atoms with Gasteiger partial charge in [0.15, 0.2) is 5.60 Å². The van der Waals surface area contributed by atoms with Crippen LogP contribution in [0.5, 0.6) is 11.5 Å². The predicted octanol–water partition coefficient (Wildman–Crippen LogP) is 7.17. The quantitative estimate of drug-likeness (QED) is 0.303. The van der Waals surface area contributed by atoms with Crippen molar-refractivity contribution in [3.05, 3.63) is 64.7 Å². The van der Waals surface area contributed by atoms with Gasteiger partial charge in [-0.05, 0) is 77.4 Å². The Hall–Kier alpha value is -3.07. The molecule has 0 atom stereocenters. The number of hydrogen-bond acceptors (Lipinski definition) is 6. The molecule has 3 aromatic rings. The number of esters is 1. The van der Waals surface area contributed by atoms with Crippen molar-refractivity contribution in [2.24, 2.45) is 0 Å². The monoisotopic (exact) mass is 507 g/mol. The fourth-order valence-electron chi connectivity index (χ4n) is 3.25. The van der Waals surface area contributed by atoms with Crippen LogP contribution in [0, 0.1) is 6.92 Å². The summed E-state index contributed by atoms with van der Waals surface area (Å²) in [4.78, 5) is 17.3. The third kappa shape index (κ3) is 6.33. The van der Waals surface area contributed by atoms with Gasteiger partial charge in [-0.3, -0.25) is 0 Å². The van der Waals surface area contributed by atoms with Crippen molar-refractivity contribution < 1.29 is 32.2 Å². The number of thiazole rings is 1. The highest BCUT2D eigenvalue weighted by molar-refractivity contribution is 7.15. The second-order valence-corrected chi connectivity index (χ2v) is 10.0. The van der Waals surface area contributed by atoms with Gasteiger partial charge >= 0.3 is 12.1 Å². The van der Waals surface area contributed by atoms with Crippen molar-refractivity contribution in [3.63, 3.8) is 0 Å². The summed E-state index contributed by atoms with van der Waals surface area (Å²) in [6.07, 6.45) is -2.71. The van der Waals surface area contributed by atoms with Crippen molar-refractivity contribution in [1.82, 2.24) is 4.98 Å². The molecule has 0 saturated heterocycles. The molecule has 0 saturated carbocycles. The van der Waals surface area contributed by atoms with Gasteiger partial charge in [-0.1, -0.05) is 12.1 Å². The first kappa shape index (κ1) is 26.5. The maximum absolute atomic E-state index is 12.8. The van der Waals surface area contributed by atoms with E-state index in [2.05, 4.69) is 4.98 Å². The summed E-state index contributed by atoms with van der Waals surface area (Å²) in [5.74, 6) is 0.684. The molecule has 2 aromatic carbocycles. The van der Waals surface area contributed by atoms with E-state index in [1.54, 1.807) is 39.1 Å². The van der Waals surface area contributed by atoms with E-state index in [-0.39, 0.29) is 6.61 Å². The highest BCUT2D eigenvalue weighted by atomic mass is 32.1. The lowest BCUT2D eigenvalue weighted by molar-refractivity contribution is -0.158. The fourth-order valence-corrected chi connectivity index (χ4v) is 4.21. The number of halogens is 3. The molecule has 35 heavy (non-hydrogen) atoms. The van der Waals surface area contributed by atoms with Crippen LogP contribution >= 0.6 is 11.3 Å². The summed E-state index contributed by atoms with van der Waals surface area (Å²) >= 11 is 1.36. The number of hydrogen-bond donors (Lipinski definition) is 0. The Morgan fingerprint density at radius 1 is 1.00 bits per heavy atom. The standard InChI is InChI=1S/C26H28F3NO4S/c1-7-32-23(31)25(5,6)34-20-13-12-19(14-16(20)2)33-24(3,4)21-15-30-22(35-21)17-8-10-18(11-9-17)26(27,28)29/h8-15H,7H2,1-6H3. The van der Waals surface area contributed by atoms with Gasteiger partial charge in [0, 0.05) is 11.8 Å². The Morgan fingerprint density at radius 2 is 1.66 bits per heavy atom. The normalized spacial score (nSPS) is 12.4. The molecule has 0 fully saturated rings. The van der Waals surface area contributed by atoms with Crippen LogP contribution in [0.15, 0.2) is 48.7 Å². The Labute approximate surface area is 206 Å². The maximum Gasteiger partial charge on any atom is 0.416 e. The molecule has 0 aliphatic rings. The molecule has 0 radical (unpaired) electrons. The van der Waals surface area contributed by atoms with E-state index in [4.69, 9.17) is 14.2 Å². The summed E-state index contributed by atoms with van der Waals surface area (Å²) in [7, 11) is 0. The highest BCUT2D eigenvalue weighted by Gasteiger charge is 2.33. The zero-order valence-corrected chi connectivity index (χ0v) is 21.3. The number of rotatable bonds is 8. The SMILES string of the molecule is CCOC(=O)C(C)(C)Oc1ccc(OC(C)(C)c2cnc(-c3ccc(C(F)(F)F)cc3)s2)cc1C. The zero-order chi connectivity index (χ0) is 26.0. The summed E-state index contributed by atoms with van der Waals surface area (Å²) in [5.41, 5.74) is -1.20. The molecule has 0 aliphatic carbocycles. The largest absolute Gasteiger partial charge is 0.482 e. The number of alkyl halides is 3. The van der Waals surface area contributed by atoms with Crippen molar-refractivity contribution in [1.29, 1.82) is 0 Å². The smallest absolute Gasteiger partial charge is 0.416 e. The first-order valence-corrected chi connectivity index (χ1v) is 11.8. The van der Waals surface area contributed by atoms with E-state index in [0.717, 1.165) is 22.6 Å². The minimum atomic E-state index is -4.38. The average molecular weight is 508 g/mol. The van der Waals surface area contributed by atoms with Crippen molar-refractivity contribution in [2.45, 2.75) is 58.9 Å². The van der Waals surface area contributed by atoms with Crippen molar-refractivity contribution in [2.75, 3.05) is 6.61 Å². The summed E-state index contributed by atoms with van der Waals surface area (Å²) in [6.45, 7) is 10.9. The van der Waals surface area contributed by atoms with Crippen LogP contribution in [0.25, 0.3) is 10.6 Å². The van der Waals surface area contributed by atoms with Crippen LogP contribution in [-0.2, 0) is 21.3 Å². The Balaban J connectivity index is 1.74. The molecule has 0 amide bonds. The third-order valence-corrected chi connectivity index (χ3v) is 6.56. The Bertz CT molecular complexity index is 1180. The molecule has 0 N–H and O–H groups in total. The average Bonchev–Trinajstić information content (AvgIpc) is 3.26. The molecule has 5 nitrogen and oxygen atoms in total. The van der Waals surface area contributed by atoms with Crippen LogP contribution in [0.1, 0.15) is 50.6 Å². The molecule has 0 spiro atoms. The number of benzene rings is 2. The molecule has 9 heteroatoms.